The van der Waals surface area contributed by atoms with E-state index in [1.807, 2.05) is 35.9 Å². The van der Waals surface area contributed by atoms with Crippen molar-refractivity contribution in [1.29, 1.82) is 0 Å². The molecule has 1 aromatic heterocycles. The van der Waals surface area contributed by atoms with Crippen LogP contribution in [-0.4, -0.2) is 71.4 Å². The van der Waals surface area contributed by atoms with Gasteiger partial charge in [-0.25, -0.2) is 4.79 Å². The van der Waals surface area contributed by atoms with Crippen LogP contribution in [-0.2, 0) is 22.6 Å². The molecule has 0 bridgehead atoms. The van der Waals surface area contributed by atoms with Gasteiger partial charge in [-0.15, -0.1) is 0 Å². The van der Waals surface area contributed by atoms with E-state index in [0.717, 1.165) is 23.1 Å². The third-order valence-electron chi connectivity index (χ3n) is 4.51. The molecule has 140 valence electrons. The highest BCUT2D eigenvalue weighted by Crippen LogP contribution is 2.18. The molecule has 1 aromatic carbocycles. The van der Waals surface area contributed by atoms with Crippen molar-refractivity contribution >= 4 is 22.8 Å². The summed E-state index contributed by atoms with van der Waals surface area (Å²) in [5, 5.41) is 8.55. The number of nitrogens with zero attached hydrogens (tertiary/aromatic N) is 4. The normalized spacial score (nSPS) is 17.3. The monoisotopic (exact) mass is 359 g/mol. The third kappa shape index (κ3) is 3.65. The number of para-hydroxylation sites is 1. The number of ether oxygens (including phenoxy) is 1. The minimum atomic E-state index is -0.607. The highest BCUT2D eigenvalue weighted by molar-refractivity contribution is 5.84. The zero-order valence-corrected chi connectivity index (χ0v) is 15.4. The van der Waals surface area contributed by atoms with Crippen LogP contribution < -0.4 is 5.32 Å². The number of aromatic nitrogens is 2. The summed E-state index contributed by atoms with van der Waals surface area (Å²) in [6.07, 6.45) is -0.607. The van der Waals surface area contributed by atoms with Gasteiger partial charge >= 0.3 is 6.03 Å². The molecule has 1 aliphatic heterocycles. The Balaban J connectivity index is 1.65. The van der Waals surface area contributed by atoms with Crippen LogP contribution in [0.15, 0.2) is 24.3 Å². The summed E-state index contributed by atoms with van der Waals surface area (Å²) in [5.74, 6) is -0.129. The lowest BCUT2D eigenvalue weighted by atomic mass is 10.2. The van der Waals surface area contributed by atoms with Crippen molar-refractivity contribution < 1.29 is 14.3 Å². The number of amides is 3. The van der Waals surface area contributed by atoms with Crippen LogP contribution in [0.2, 0.25) is 0 Å². The van der Waals surface area contributed by atoms with Gasteiger partial charge in [-0.1, -0.05) is 18.2 Å². The Morgan fingerprint density at radius 2 is 2.12 bits per heavy atom. The standard InChI is InChI=1S/C18H25N5O3/c1-4-23-15-8-6-5-7-13(15)14(20-23)11-19-18(25)22-9-10-26-16(12-22)17(24)21(2)3/h5-8,16H,4,9-12H2,1-3H3,(H,19,25). The summed E-state index contributed by atoms with van der Waals surface area (Å²) in [5.41, 5.74) is 1.90. The highest BCUT2D eigenvalue weighted by atomic mass is 16.5. The first-order valence-electron chi connectivity index (χ1n) is 8.81. The van der Waals surface area contributed by atoms with E-state index in [9.17, 15) is 9.59 Å². The third-order valence-corrected chi connectivity index (χ3v) is 4.51. The minimum absolute atomic E-state index is 0.129. The molecule has 8 nitrogen and oxygen atoms in total. The topological polar surface area (TPSA) is 79.7 Å². The number of urea groups is 1. The molecule has 0 saturated carbocycles. The first-order valence-corrected chi connectivity index (χ1v) is 8.81. The molecule has 0 spiro atoms. The first-order chi connectivity index (χ1) is 12.5. The van der Waals surface area contributed by atoms with E-state index in [0.29, 0.717) is 19.7 Å². The lowest BCUT2D eigenvalue weighted by Gasteiger charge is -2.33. The largest absolute Gasteiger partial charge is 0.365 e. The molecule has 1 N–H and O–H groups in total. The molecule has 0 aliphatic carbocycles. The van der Waals surface area contributed by atoms with Gasteiger partial charge in [0.15, 0.2) is 6.10 Å². The number of carbonyl (C=O) groups is 2. The molecule has 1 fully saturated rings. The average Bonchev–Trinajstić information content (AvgIpc) is 3.03. The zero-order valence-electron chi connectivity index (χ0n) is 15.4. The number of likely N-dealkylation sites (N-methyl/N-ethyl adjacent to an activating group) is 1. The number of benzene rings is 1. The van der Waals surface area contributed by atoms with Crippen LogP contribution in [0.1, 0.15) is 12.6 Å². The first kappa shape index (κ1) is 18.2. The summed E-state index contributed by atoms with van der Waals surface area (Å²) in [7, 11) is 3.36. The van der Waals surface area contributed by atoms with Gasteiger partial charge in [-0.3, -0.25) is 9.48 Å². The van der Waals surface area contributed by atoms with Crippen LogP contribution in [0.25, 0.3) is 10.9 Å². The number of morpholine rings is 1. The Hall–Kier alpha value is -2.61. The number of rotatable bonds is 4. The molecule has 3 amide bonds. The second-order valence-corrected chi connectivity index (χ2v) is 6.48. The number of hydrogen-bond acceptors (Lipinski definition) is 4. The molecular weight excluding hydrogens is 334 g/mol. The molecule has 26 heavy (non-hydrogen) atoms. The lowest BCUT2D eigenvalue weighted by molar-refractivity contribution is -0.145. The molecule has 0 radical (unpaired) electrons. The Morgan fingerprint density at radius 1 is 1.35 bits per heavy atom. The van der Waals surface area contributed by atoms with E-state index in [-0.39, 0.29) is 18.5 Å². The SMILES string of the molecule is CCn1nc(CNC(=O)N2CCOC(C(=O)N(C)C)C2)c2ccccc21. The van der Waals surface area contributed by atoms with Gasteiger partial charge in [-0.2, -0.15) is 5.10 Å². The lowest BCUT2D eigenvalue weighted by Crippen LogP contribution is -2.53. The van der Waals surface area contributed by atoms with Crippen LogP contribution in [0.5, 0.6) is 0 Å². The summed E-state index contributed by atoms with van der Waals surface area (Å²) in [6.45, 7) is 4.23. The van der Waals surface area contributed by atoms with Crippen molar-refractivity contribution in [2.45, 2.75) is 26.1 Å². The van der Waals surface area contributed by atoms with Gasteiger partial charge < -0.3 is 19.9 Å². The average molecular weight is 359 g/mol. The molecule has 1 unspecified atom stereocenters. The fraction of sp³-hybridized carbons (Fsp3) is 0.500. The predicted octanol–water partition coefficient (Wildman–Crippen LogP) is 1.05. The molecule has 1 atom stereocenters. The van der Waals surface area contributed by atoms with Crippen molar-refractivity contribution in [2.24, 2.45) is 0 Å². The maximum atomic E-state index is 12.5. The van der Waals surface area contributed by atoms with E-state index in [2.05, 4.69) is 10.4 Å². The van der Waals surface area contributed by atoms with Crippen LogP contribution in [0, 0.1) is 0 Å². The maximum absolute atomic E-state index is 12.5. The highest BCUT2D eigenvalue weighted by Gasteiger charge is 2.30. The van der Waals surface area contributed by atoms with E-state index in [4.69, 9.17) is 4.74 Å². The Bertz CT molecular complexity index is 801. The van der Waals surface area contributed by atoms with Crippen molar-refractivity contribution in [3.05, 3.63) is 30.0 Å². The van der Waals surface area contributed by atoms with Gasteiger partial charge in [0.2, 0.25) is 0 Å². The number of carbonyl (C=O) groups excluding carboxylic acids is 2. The molecular formula is C18H25N5O3. The predicted molar refractivity (Wildman–Crippen MR) is 97.6 cm³/mol. The maximum Gasteiger partial charge on any atom is 0.317 e. The quantitative estimate of drug-likeness (QED) is 0.885. The van der Waals surface area contributed by atoms with E-state index in [1.54, 1.807) is 19.0 Å². The number of aryl methyl sites for hydroxylation is 1. The fourth-order valence-corrected chi connectivity index (χ4v) is 3.11. The summed E-state index contributed by atoms with van der Waals surface area (Å²) in [4.78, 5) is 27.7. The number of nitrogens with one attached hydrogen (secondary N) is 1. The smallest absolute Gasteiger partial charge is 0.317 e. The molecule has 3 rings (SSSR count). The summed E-state index contributed by atoms with van der Waals surface area (Å²) in [6, 6.07) is 7.77. The molecule has 8 heteroatoms. The van der Waals surface area contributed by atoms with Crippen molar-refractivity contribution in [3.8, 4) is 0 Å². The van der Waals surface area contributed by atoms with Gasteiger partial charge in [-0.05, 0) is 13.0 Å². The van der Waals surface area contributed by atoms with E-state index >= 15 is 0 Å². The summed E-state index contributed by atoms with van der Waals surface area (Å²) >= 11 is 0. The minimum Gasteiger partial charge on any atom is -0.365 e. The van der Waals surface area contributed by atoms with E-state index in [1.165, 1.54) is 4.90 Å². The number of hydrogen-bond donors (Lipinski definition) is 1. The zero-order chi connectivity index (χ0) is 18.7. The Labute approximate surface area is 152 Å². The van der Waals surface area contributed by atoms with Gasteiger partial charge in [0, 0.05) is 32.6 Å². The second-order valence-electron chi connectivity index (χ2n) is 6.48. The van der Waals surface area contributed by atoms with E-state index < -0.39 is 6.10 Å². The van der Waals surface area contributed by atoms with Crippen LogP contribution >= 0.6 is 0 Å². The fourth-order valence-electron chi connectivity index (χ4n) is 3.11. The van der Waals surface area contributed by atoms with Crippen molar-refractivity contribution in [1.82, 2.24) is 24.9 Å². The van der Waals surface area contributed by atoms with Crippen molar-refractivity contribution in [3.63, 3.8) is 0 Å². The van der Waals surface area contributed by atoms with Crippen molar-refractivity contribution in [2.75, 3.05) is 33.8 Å². The van der Waals surface area contributed by atoms with Crippen LogP contribution in [0.3, 0.4) is 0 Å². The molecule has 2 heterocycles. The molecule has 1 aliphatic rings. The van der Waals surface area contributed by atoms with Gasteiger partial charge in [0.05, 0.1) is 30.9 Å². The molecule has 2 aromatic rings. The second kappa shape index (κ2) is 7.74. The number of fused-ring (bicyclic) bond motifs is 1. The van der Waals surface area contributed by atoms with Crippen LogP contribution in [0.4, 0.5) is 4.79 Å². The van der Waals surface area contributed by atoms with Gasteiger partial charge in [0.1, 0.15) is 0 Å². The Morgan fingerprint density at radius 3 is 2.85 bits per heavy atom. The molecule has 1 saturated heterocycles. The summed E-state index contributed by atoms with van der Waals surface area (Å²) < 4.78 is 7.42. The Kier molecular flexibility index (Phi) is 5.41. The van der Waals surface area contributed by atoms with Gasteiger partial charge in [0.25, 0.3) is 5.91 Å².